The zero-order chi connectivity index (χ0) is 12.5. The van der Waals surface area contributed by atoms with E-state index in [-0.39, 0.29) is 6.10 Å². The van der Waals surface area contributed by atoms with Crippen molar-refractivity contribution in [2.45, 2.75) is 13.0 Å². The number of rotatable bonds is 1. The van der Waals surface area contributed by atoms with E-state index >= 15 is 0 Å². The molecule has 0 aliphatic carbocycles. The zero-order valence-electron chi connectivity index (χ0n) is 10.9. The average Bonchev–Trinajstić information content (AvgIpc) is 2.38. The molecule has 0 radical (unpaired) electrons. The van der Waals surface area contributed by atoms with Crippen molar-refractivity contribution in [2.24, 2.45) is 0 Å². The van der Waals surface area contributed by atoms with Crippen molar-refractivity contribution in [1.82, 2.24) is 9.88 Å². The van der Waals surface area contributed by atoms with Crippen LogP contribution in [0.2, 0.25) is 0 Å². The minimum Gasteiger partial charge on any atom is -0.481 e. The quantitative estimate of drug-likeness (QED) is 0.742. The third kappa shape index (κ3) is 2.22. The highest BCUT2D eigenvalue weighted by Gasteiger charge is 2.21. The van der Waals surface area contributed by atoms with Gasteiger partial charge in [0, 0.05) is 32.2 Å². The molecule has 0 aromatic carbocycles. The fourth-order valence-electron chi connectivity index (χ4n) is 2.30. The Bertz CT molecular complexity index is 430. The van der Waals surface area contributed by atoms with Crippen molar-refractivity contribution < 1.29 is 9.47 Å². The molecule has 1 saturated heterocycles. The highest BCUT2D eigenvalue weighted by Crippen LogP contribution is 2.33. The van der Waals surface area contributed by atoms with Gasteiger partial charge in [-0.25, -0.2) is 4.98 Å². The van der Waals surface area contributed by atoms with Crippen molar-refractivity contribution >= 4 is 5.69 Å². The lowest BCUT2D eigenvalue weighted by atomic mass is 10.2. The summed E-state index contributed by atoms with van der Waals surface area (Å²) >= 11 is 0. The smallest absolute Gasteiger partial charge is 0.257 e. The number of fused-ring (bicyclic) bond motifs is 1. The maximum Gasteiger partial charge on any atom is 0.257 e. The third-order valence-corrected chi connectivity index (χ3v) is 3.46. The fourth-order valence-corrected chi connectivity index (χ4v) is 2.30. The summed E-state index contributed by atoms with van der Waals surface area (Å²) in [6, 6.07) is 2.04. The molecule has 1 unspecified atom stereocenters. The van der Waals surface area contributed by atoms with Gasteiger partial charge in [-0.2, -0.15) is 0 Å². The van der Waals surface area contributed by atoms with Crippen molar-refractivity contribution in [3.8, 4) is 11.6 Å². The largest absolute Gasteiger partial charge is 0.481 e. The van der Waals surface area contributed by atoms with Crippen LogP contribution in [0, 0.1) is 0 Å². The van der Waals surface area contributed by atoms with Gasteiger partial charge in [0.05, 0.1) is 11.9 Å². The molecule has 98 valence electrons. The Labute approximate surface area is 107 Å². The molecule has 1 aromatic rings. The number of nitrogens with zero attached hydrogens (tertiary/aromatic N) is 3. The maximum atomic E-state index is 5.76. The molecule has 5 heteroatoms. The van der Waals surface area contributed by atoms with Gasteiger partial charge >= 0.3 is 0 Å². The van der Waals surface area contributed by atoms with Gasteiger partial charge in [-0.15, -0.1) is 0 Å². The van der Waals surface area contributed by atoms with Crippen molar-refractivity contribution in [2.75, 3.05) is 44.7 Å². The summed E-state index contributed by atoms with van der Waals surface area (Å²) in [4.78, 5) is 9.03. The van der Waals surface area contributed by atoms with E-state index in [0.717, 1.165) is 37.6 Å². The van der Waals surface area contributed by atoms with E-state index in [4.69, 9.17) is 9.47 Å². The van der Waals surface area contributed by atoms with E-state index in [1.165, 1.54) is 0 Å². The van der Waals surface area contributed by atoms with Crippen LogP contribution in [0.3, 0.4) is 0 Å². The Hall–Kier alpha value is -1.49. The van der Waals surface area contributed by atoms with Gasteiger partial charge in [0.25, 0.3) is 5.88 Å². The van der Waals surface area contributed by atoms with E-state index < -0.39 is 0 Å². The molecule has 5 nitrogen and oxygen atoms in total. The molecule has 1 fully saturated rings. The van der Waals surface area contributed by atoms with Crippen LogP contribution >= 0.6 is 0 Å². The number of piperazine rings is 1. The van der Waals surface area contributed by atoms with Crippen LogP contribution in [-0.4, -0.2) is 55.8 Å². The first-order chi connectivity index (χ1) is 8.72. The number of anilines is 1. The Morgan fingerprint density at radius 2 is 2.06 bits per heavy atom. The second-order valence-corrected chi connectivity index (χ2v) is 5.03. The predicted molar refractivity (Wildman–Crippen MR) is 69.5 cm³/mol. The second-order valence-electron chi connectivity index (χ2n) is 5.03. The van der Waals surface area contributed by atoms with Crippen molar-refractivity contribution in [3.05, 3.63) is 12.3 Å². The number of likely N-dealkylation sites (N-methyl/N-ethyl adjacent to an activating group) is 1. The zero-order valence-corrected chi connectivity index (χ0v) is 10.9. The molecule has 0 bridgehead atoms. The van der Waals surface area contributed by atoms with Crippen LogP contribution in [-0.2, 0) is 0 Å². The molecule has 1 aromatic heterocycles. The molecule has 3 rings (SSSR count). The van der Waals surface area contributed by atoms with Crippen LogP contribution in [0.1, 0.15) is 6.92 Å². The van der Waals surface area contributed by atoms with Gasteiger partial charge in [0.2, 0.25) is 0 Å². The van der Waals surface area contributed by atoms with Gasteiger partial charge in [0.15, 0.2) is 5.75 Å². The monoisotopic (exact) mass is 249 g/mol. The summed E-state index contributed by atoms with van der Waals surface area (Å²) in [6.45, 7) is 6.83. The minimum atomic E-state index is 0.0991. The number of pyridine rings is 1. The molecular weight excluding hydrogens is 230 g/mol. The molecule has 2 aliphatic heterocycles. The third-order valence-electron chi connectivity index (χ3n) is 3.46. The number of ether oxygens (including phenoxy) is 2. The lowest BCUT2D eigenvalue weighted by Gasteiger charge is -2.34. The van der Waals surface area contributed by atoms with Crippen molar-refractivity contribution in [3.63, 3.8) is 0 Å². The molecule has 0 amide bonds. The van der Waals surface area contributed by atoms with Gasteiger partial charge in [-0.05, 0) is 14.0 Å². The van der Waals surface area contributed by atoms with Crippen LogP contribution < -0.4 is 14.4 Å². The molecule has 18 heavy (non-hydrogen) atoms. The highest BCUT2D eigenvalue weighted by molar-refractivity contribution is 5.53. The summed E-state index contributed by atoms with van der Waals surface area (Å²) < 4.78 is 11.3. The topological polar surface area (TPSA) is 37.8 Å². The number of aromatic nitrogens is 1. The summed E-state index contributed by atoms with van der Waals surface area (Å²) in [5, 5.41) is 0. The summed E-state index contributed by atoms with van der Waals surface area (Å²) in [6.07, 6.45) is 1.98. The molecule has 1 atom stereocenters. The highest BCUT2D eigenvalue weighted by atomic mass is 16.6. The average molecular weight is 249 g/mol. The van der Waals surface area contributed by atoms with Gasteiger partial charge < -0.3 is 19.3 Å². The Kier molecular flexibility index (Phi) is 2.99. The lowest BCUT2D eigenvalue weighted by Crippen LogP contribution is -2.44. The van der Waals surface area contributed by atoms with Crippen molar-refractivity contribution in [1.29, 1.82) is 0 Å². The molecule has 3 heterocycles. The predicted octanol–water partition coefficient (Wildman–Crippen LogP) is 0.993. The Morgan fingerprint density at radius 3 is 2.83 bits per heavy atom. The first-order valence-corrected chi connectivity index (χ1v) is 6.45. The standard InChI is InChI=1S/C13H19N3O2/c1-10-9-17-13-12(18-10)7-11(8-14-13)16-5-3-15(2)4-6-16/h7-8,10H,3-6,9H2,1-2H3. The van der Waals surface area contributed by atoms with Crippen LogP contribution in [0.5, 0.6) is 11.6 Å². The second kappa shape index (κ2) is 4.65. The van der Waals surface area contributed by atoms with Gasteiger partial charge in [0.1, 0.15) is 12.7 Å². The summed E-state index contributed by atoms with van der Waals surface area (Å²) in [7, 11) is 2.15. The summed E-state index contributed by atoms with van der Waals surface area (Å²) in [5.74, 6) is 1.39. The maximum absolute atomic E-state index is 5.76. The van der Waals surface area contributed by atoms with Gasteiger partial charge in [-0.3, -0.25) is 0 Å². The fraction of sp³-hybridized carbons (Fsp3) is 0.615. The van der Waals surface area contributed by atoms with E-state index in [1.54, 1.807) is 0 Å². The Balaban J connectivity index is 1.79. The SMILES string of the molecule is CC1COc2ncc(N3CCN(C)CC3)cc2O1. The molecule has 0 N–H and O–H groups in total. The van der Waals surface area contributed by atoms with Gasteiger partial charge in [-0.1, -0.05) is 0 Å². The molecular formula is C13H19N3O2. The van der Waals surface area contributed by atoms with Crippen LogP contribution in [0.15, 0.2) is 12.3 Å². The normalized spacial score (nSPS) is 24.1. The minimum absolute atomic E-state index is 0.0991. The number of hydrogen-bond acceptors (Lipinski definition) is 5. The molecule has 2 aliphatic rings. The van der Waals surface area contributed by atoms with Crippen LogP contribution in [0.25, 0.3) is 0 Å². The van der Waals surface area contributed by atoms with Crippen LogP contribution in [0.4, 0.5) is 5.69 Å². The van der Waals surface area contributed by atoms with E-state index in [0.29, 0.717) is 12.5 Å². The van der Waals surface area contributed by atoms with E-state index in [1.807, 2.05) is 19.2 Å². The van der Waals surface area contributed by atoms with E-state index in [2.05, 4.69) is 21.8 Å². The molecule has 0 spiro atoms. The first kappa shape index (κ1) is 11.6. The molecule has 0 saturated carbocycles. The Morgan fingerprint density at radius 1 is 1.28 bits per heavy atom. The number of hydrogen-bond donors (Lipinski definition) is 0. The first-order valence-electron chi connectivity index (χ1n) is 6.45. The summed E-state index contributed by atoms with van der Waals surface area (Å²) in [5.41, 5.74) is 1.12. The van der Waals surface area contributed by atoms with E-state index in [9.17, 15) is 0 Å². The lowest BCUT2D eigenvalue weighted by molar-refractivity contribution is 0.0989.